The van der Waals surface area contributed by atoms with Crippen molar-refractivity contribution in [1.82, 2.24) is 0 Å². The monoisotopic (exact) mass is 136 g/mol. The van der Waals surface area contributed by atoms with Gasteiger partial charge in [0.1, 0.15) is 0 Å². The molecular weight excluding hydrogens is 122 g/mol. The second-order valence-electron chi connectivity index (χ2n) is 2.40. The molecule has 0 aliphatic heterocycles. The molecule has 1 heterocycles. The Morgan fingerprint density at radius 2 is 1.90 bits per heavy atom. The first-order valence-corrected chi connectivity index (χ1v) is 3.86. The van der Waals surface area contributed by atoms with E-state index in [4.69, 9.17) is 0 Å². The Bertz CT molecular complexity index is 183. The second kappa shape index (κ2) is 3.35. The van der Waals surface area contributed by atoms with Crippen LogP contribution in [0.4, 0.5) is 0 Å². The van der Waals surface area contributed by atoms with Crippen molar-refractivity contribution in [2.24, 2.45) is 0 Å². The van der Waals surface area contributed by atoms with Crippen molar-refractivity contribution in [3.8, 4) is 0 Å². The van der Waals surface area contributed by atoms with E-state index in [-0.39, 0.29) is 0 Å². The minimum Gasteiger partial charge on any atom is -0.218 e. The highest BCUT2D eigenvalue weighted by Gasteiger charge is 1.98. The number of hydrogen-bond acceptors (Lipinski definition) is 0. The third-order valence-electron chi connectivity index (χ3n) is 1.81. The lowest BCUT2D eigenvalue weighted by Crippen LogP contribution is -2.03. The highest BCUT2D eigenvalue weighted by Crippen LogP contribution is 2.05. The molecule has 0 fully saturated rings. The summed E-state index contributed by atoms with van der Waals surface area (Å²) < 4.78 is 0. The molecule has 0 amide bonds. The van der Waals surface area contributed by atoms with Crippen LogP contribution >= 0.6 is 0 Å². The van der Waals surface area contributed by atoms with Crippen molar-refractivity contribution in [1.29, 1.82) is 0 Å². The Morgan fingerprint density at radius 3 is 2.40 bits per heavy atom. The molecule has 0 aromatic carbocycles. The molecule has 1 aromatic heterocycles. The molecule has 1 heteroatoms. The van der Waals surface area contributed by atoms with Crippen LogP contribution < -0.4 is 4.98 Å². The van der Waals surface area contributed by atoms with Crippen LogP contribution in [0.3, 0.4) is 0 Å². The SMILES string of the molecule is CCc1cc[nH+]cc1CC. The Hall–Kier alpha value is -0.850. The molecule has 54 valence electrons. The number of hydrogen-bond donors (Lipinski definition) is 0. The number of rotatable bonds is 2. The van der Waals surface area contributed by atoms with E-state index in [1.165, 1.54) is 11.1 Å². The molecule has 0 saturated heterocycles. The lowest BCUT2D eigenvalue weighted by Gasteiger charge is -1.98. The van der Waals surface area contributed by atoms with Gasteiger partial charge in [-0.05, 0) is 18.4 Å². The summed E-state index contributed by atoms with van der Waals surface area (Å²) in [7, 11) is 0. The van der Waals surface area contributed by atoms with E-state index in [2.05, 4.69) is 31.1 Å². The molecule has 0 unspecified atom stereocenters. The molecule has 0 aliphatic rings. The normalized spacial score (nSPS) is 9.80. The molecule has 1 rings (SSSR count). The minimum absolute atomic E-state index is 1.13. The maximum absolute atomic E-state index is 3.09. The third-order valence-corrected chi connectivity index (χ3v) is 1.81. The number of aryl methyl sites for hydroxylation is 2. The first-order chi connectivity index (χ1) is 4.88. The number of pyridine rings is 1. The van der Waals surface area contributed by atoms with Crippen LogP contribution in [0.2, 0.25) is 0 Å². The summed E-state index contributed by atoms with van der Waals surface area (Å²) in [6, 6.07) is 2.15. The molecule has 0 bridgehead atoms. The molecule has 1 N–H and O–H groups in total. The van der Waals surface area contributed by atoms with Gasteiger partial charge in [-0.15, -0.1) is 0 Å². The number of aromatic nitrogens is 1. The van der Waals surface area contributed by atoms with Crippen molar-refractivity contribution in [3.05, 3.63) is 29.6 Å². The van der Waals surface area contributed by atoms with Crippen LogP contribution in [-0.4, -0.2) is 0 Å². The first-order valence-electron chi connectivity index (χ1n) is 3.86. The van der Waals surface area contributed by atoms with Gasteiger partial charge in [-0.1, -0.05) is 13.8 Å². The van der Waals surface area contributed by atoms with Gasteiger partial charge < -0.3 is 0 Å². The molecule has 0 radical (unpaired) electrons. The third kappa shape index (κ3) is 1.35. The van der Waals surface area contributed by atoms with Crippen molar-refractivity contribution in [2.75, 3.05) is 0 Å². The van der Waals surface area contributed by atoms with Crippen LogP contribution in [0.1, 0.15) is 25.0 Å². The molecule has 10 heavy (non-hydrogen) atoms. The summed E-state index contributed by atoms with van der Waals surface area (Å²) in [4.78, 5) is 3.09. The van der Waals surface area contributed by atoms with Gasteiger partial charge in [0.25, 0.3) is 0 Å². The summed E-state index contributed by atoms with van der Waals surface area (Å²) in [5, 5.41) is 0. The highest BCUT2D eigenvalue weighted by atomic mass is 14.6. The Balaban J connectivity index is 2.96. The number of aromatic amines is 1. The smallest absolute Gasteiger partial charge is 0.170 e. The molecule has 0 spiro atoms. The zero-order valence-corrected chi connectivity index (χ0v) is 6.65. The van der Waals surface area contributed by atoms with Crippen LogP contribution in [0, 0.1) is 0 Å². The van der Waals surface area contributed by atoms with E-state index in [0.29, 0.717) is 0 Å². The summed E-state index contributed by atoms with van der Waals surface area (Å²) in [6.07, 6.45) is 6.33. The molecule has 0 aliphatic carbocycles. The zero-order valence-electron chi connectivity index (χ0n) is 6.65. The second-order valence-corrected chi connectivity index (χ2v) is 2.40. The molecule has 1 aromatic rings. The summed E-state index contributed by atoms with van der Waals surface area (Å²) in [5.41, 5.74) is 2.89. The van der Waals surface area contributed by atoms with E-state index >= 15 is 0 Å². The maximum atomic E-state index is 3.09. The van der Waals surface area contributed by atoms with Crippen molar-refractivity contribution in [3.63, 3.8) is 0 Å². The van der Waals surface area contributed by atoms with Crippen LogP contribution in [0.25, 0.3) is 0 Å². The maximum Gasteiger partial charge on any atom is 0.170 e. The summed E-state index contributed by atoms with van der Waals surface area (Å²) in [6.45, 7) is 4.37. The van der Waals surface area contributed by atoms with Crippen LogP contribution in [0.15, 0.2) is 18.5 Å². The van der Waals surface area contributed by atoms with Crippen molar-refractivity contribution in [2.45, 2.75) is 26.7 Å². The predicted molar refractivity (Wildman–Crippen MR) is 41.8 cm³/mol. The average molecular weight is 136 g/mol. The van der Waals surface area contributed by atoms with Gasteiger partial charge in [-0.3, -0.25) is 0 Å². The fourth-order valence-electron chi connectivity index (χ4n) is 1.17. The lowest BCUT2D eigenvalue weighted by atomic mass is 10.1. The van der Waals surface area contributed by atoms with Crippen LogP contribution in [0.5, 0.6) is 0 Å². The fraction of sp³-hybridized carbons (Fsp3) is 0.444. The number of nitrogens with one attached hydrogen (secondary N) is 1. The van der Waals surface area contributed by atoms with E-state index < -0.39 is 0 Å². The Morgan fingerprint density at radius 1 is 1.20 bits per heavy atom. The van der Waals surface area contributed by atoms with Crippen molar-refractivity contribution >= 4 is 0 Å². The van der Waals surface area contributed by atoms with Gasteiger partial charge in [-0.25, -0.2) is 4.98 Å². The van der Waals surface area contributed by atoms with Gasteiger partial charge in [-0.2, -0.15) is 0 Å². The van der Waals surface area contributed by atoms with Crippen LogP contribution in [-0.2, 0) is 12.8 Å². The first kappa shape index (κ1) is 7.26. The predicted octanol–water partition coefficient (Wildman–Crippen LogP) is 1.63. The van der Waals surface area contributed by atoms with Gasteiger partial charge in [0.05, 0.1) is 0 Å². The summed E-state index contributed by atoms with van der Waals surface area (Å²) in [5.74, 6) is 0. The van der Waals surface area contributed by atoms with Gasteiger partial charge in [0, 0.05) is 11.6 Å². The minimum atomic E-state index is 1.13. The van der Waals surface area contributed by atoms with E-state index in [1.54, 1.807) is 0 Å². The topological polar surface area (TPSA) is 14.1 Å². The Labute approximate surface area is 62.1 Å². The highest BCUT2D eigenvalue weighted by molar-refractivity contribution is 5.20. The standard InChI is InChI=1S/C9H13N/c1-3-8-5-6-10-7-9(8)4-2/h5-7H,3-4H2,1-2H3/p+1. The quantitative estimate of drug-likeness (QED) is 0.586. The zero-order chi connectivity index (χ0) is 7.40. The largest absolute Gasteiger partial charge is 0.218 e. The average Bonchev–Trinajstić information content (AvgIpc) is 2.04. The van der Waals surface area contributed by atoms with Gasteiger partial charge in [0.2, 0.25) is 0 Å². The molecular formula is C9H14N+. The molecule has 1 nitrogen and oxygen atoms in total. The molecule has 0 atom stereocenters. The number of H-pyrrole nitrogens is 1. The van der Waals surface area contributed by atoms with Crippen molar-refractivity contribution < 1.29 is 4.98 Å². The summed E-state index contributed by atoms with van der Waals surface area (Å²) >= 11 is 0. The molecule has 0 saturated carbocycles. The fourth-order valence-corrected chi connectivity index (χ4v) is 1.17. The van der Waals surface area contributed by atoms with Gasteiger partial charge in [0.15, 0.2) is 12.4 Å². The van der Waals surface area contributed by atoms with Gasteiger partial charge >= 0.3 is 0 Å². The lowest BCUT2D eigenvalue weighted by molar-refractivity contribution is -0.378. The Kier molecular flexibility index (Phi) is 2.43. The van der Waals surface area contributed by atoms with E-state index in [9.17, 15) is 0 Å². The van der Waals surface area contributed by atoms with E-state index in [0.717, 1.165) is 12.8 Å². The van der Waals surface area contributed by atoms with E-state index in [1.807, 2.05) is 6.20 Å².